The minimum absolute atomic E-state index is 0.117. The Hall–Kier alpha value is -4.33. The van der Waals surface area contributed by atoms with E-state index in [1.807, 2.05) is 60.7 Å². The van der Waals surface area contributed by atoms with Gasteiger partial charge in [0, 0.05) is 5.56 Å². The maximum absolute atomic E-state index is 13.7. The Labute approximate surface area is 177 Å². The summed E-state index contributed by atoms with van der Waals surface area (Å²) in [5.41, 5.74) is 6.29. The number of aromatic nitrogens is 3. The van der Waals surface area contributed by atoms with Gasteiger partial charge in [-0.2, -0.15) is 0 Å². The third-order valence-corrected chi connectivity index (χ3v) is 4.47. The van der Waals surface area contributed by atoms with E-state index in [0.717, 1.165) is 11.3 Å². The van der Waals surface area contributed by atoms with E-state index in [4.69, 9.17) is 0 Å². The number of para-hydroxylation sites is 1. The molecule has 3 aromatic carbocycles. The molecule has 154 valence electrons. The monoisotopic (exact) mass is 415 g/mol. The van der Waals surface area contributed by atoms with E-state index in [2.05, 4.69) is 20.9 Å². The molecule has 0 unspecified atom stereocenters. The first kappa shape index (κ1) is 20.0. The van der Waals surface area contributed by atoms with Crippen LogP contribution in [0.2, 0.25) is 0 Å². The normalized spacial score (nSPS) is 10.5. The molecule has 0 atom stereocenters. The molecule has 0 fully saturated rings. The molecule has 0 aliphatic rings. The van der Waals surface area contributed by atoms with Crippen molar-refractivity contribution < 1.29 is 14.0 Å². The quantitative estimate of drug-likeness (QED) is 0.491. The van der Waals surface area contributed by atoms with Crippen molar-refractivity contribution in [3.63, 3.8) is 0 Å². The van der Waals surface area contributed by atoms with E-state index < -0.39 is 17.6 Å². The lowest BCUT2D eigenvalue weighted by molar-refractivity contribution is -0.121. The minimum Gasteiger partial charge on any atom is -0.273 e. The number of hydrazine groups is 1. The van der Waals surface area contributed by atoms with Gasteiger partial charge in [-0.25, -0.2) is 14.1 Å². The van der Waals surface area contributed by atoms with Crippen LogP contribution in [0.25, 0.3) is 17.1 Å². The summed E-state index contributed by atoms with van der Waals surface area (Å²) in [6.07, 6.45) is -0.214. The number of nitrogens with one attached hydrogen (secondary N) is 2. The molecule has 4 rings (SSSR count). The number of amides is 2. The zero-order valence-corrected chi connectivity index (χ0v) is 16.3. The highest BCUT2D eigenvalue weighted by molar-refractivity contribution is 5.92. The Kier molecular flexibility index (Phi) is 5.79. The molecular weight excluding hydrogens is 397 g/mol. The maximum Gasteiger partial charge on any atom is 0.309 e. The van der Waals surface area contributed by atoms with Crippen LogP contribution in [0.3, 0.4) is 0 Å². The molecular formula is C23H18FN5O2. The lowest BCUT2D eigenvalue weighted by Gasteiger charge is -2.06. The molecule has 0 bridgehead atoms. The second-order valence-electron chi connectivity index (χ2n) is 6.64. The molecule has 1 aromatic heterocycles. The van der Waals surface area contributed by atoms with E-state index in [-0.39, 0.29) is 17.8 Å². The first-order valence-electron chi connectivity index (χ1n) is 9.52. The zero-order valence-electron chi connectivity index (χ0n) is 16.3. The van der Waals surface area contributed by atoms with Crippen molar-refractivity contribution in [1.82, 2.24) is 25.6 Å². The Bertz CT molecular complexity index is 1150. The Morgan fingerprint density at radius 3 is 2.19 bits per heavy atom. The number of rotatable bonds is 5. The highest BCUT2D eigenvalue weighted by Gasteiger charge is 2.19. The molecule has 0 spiro atoms. The third kappa shape index (κ3) is 4.64. The van der Waals surface area contributed by atoms with Crippen LogP contribution in [-0.4, -0.2) is 26.6 Å². The summed E-state index contributed by atoms with van der Waals surface area (Å²) in [4.78, 5) is 29.0. The van der Waals surface area contributed by atoms with Crippen molar-refractivity contribution in [2.24, 2.45) is 0 Å². The summed E-state index contributed by atoms with van der Waals surface area (Å²) < 4.78 is 15.3. The Balaban J connectivity index is 1.52. The molecule has 4 aromatic rings. The molecule has 7 nitrogen and oxygen atoms in total. The predicted octanol–water partition coefficient (Wildman–Crippen LogP) is 3.08. The van der Waals surface area contributed by atoms with Crippen molar-refractivity contribution in [2.75, 3.05) is 0 Å². The molecule has 2 amide bonds. The molecule has 1 heterocycles. The molecule has 0 radical (unpaired) electrons. The fourth-order valence-electron chi connectivity index (χ4n) is 2.97. The second-order valence-corrected chi connectivity index (χ2v) is 6.64. The summed E-state index contributed by atoms with van der Waals surface area (Å²) in [6.45, 7) is 0. The van der Waals surface area contributed by atoms with Crippen LogP contribution in [0, 0.1) is 5.82 Å². The highest BCUT2D eigenvalue weighted by atomic mass is 19.1. The number of hydrogen-bond acceptors (Lipinski definition) is 4. The van der Waals surface area contributed by atoms with E-state index in [1.54, 1.807) is 10.7 Å². The van der Waals surface area contributed by atoms with Crippen molar-refractivity contribution in [3.05, 3.63) is 102 Å². The molecule has 31 heavy (non-hydrogen) atoms. The number of carbonyl (C=O) groups excluding carboxylic acids is 2. The van der Waals surface area contributed by atoms with E-state index >= 15 is 0 Å². The van der Waals surface area contributed by atoms with Gasteiger partial charge in [0.2, 0.25) is 11.7 Å². The average Bonchev–Trinajstić information content (AvgIpc) is 3.26. The smallest absolute Gasteiger partial charge is 0.273 e. The van der Waals surface area contributed by atoms with Gasteiger partial charge in [0.05, 0.1) is 12.1 Å². The van der Waals surface area contributed by atoms with Gasteiger partial charge in [0.15, 0.2) is 5.82 Å². The zero-order chi connectivity index (χ0) is 21.6. The number of benzene rings is 3. The lowest BCUT2D eigenvalue weighted by atomic mass is 10.1. The van der Waals surface area contributed by atoms with Crippen molar-refractivity contribution >= 4 is 11.8 Å². The van der Waals surface area contributed by atoms with Crippen LogP contribution in [0.15, 0.2) is 84.9 Å². The second kappa shape index (κ2) is 9.00. The van der Waals surface area contributed by atoms with E-state index in [1.165, 1.54) is 18.2 Å². The minimum atomic E-state index is -0.686. The van der Waals surface area contributed by atoms with Gasteiger partial charge < -0.3 is 0 Å². The number of hydrogen-bond donors (Lipinski definition) is 2. The highest BCUT2D eigenvalue weighted by Crippen LogP contribution is 2.20. The number of halogens is 1. The third-order valence-electron chi connectivity index (χ3n) is 4.47. The van der Waals surface area contributed by atoms with E-state index in [0.29, 0.717) is 5.82 Å². The van der Waals surface area contributed by atoms with Crippen molar-refractivity contribution in [1.29, 1.82) is 0 Å². The van der Waals surface area contributed by atoms with Crippen LogP contribution < -0.4 is 10.9 Å². The van der Waals surface area contributed by atoms with Gasteiger partial charge in [0.25, 0.3) is 0 Å². The Morgan fingerprint density at radius 2 is 1.48 bits per heavy atom. The summed E-state index contributed by atoms with van der Waals surface area (Å²) in [5.74, 6) is -1.37. The topological polar surface area (TPSA) is 88.9 Å². The van der Waals surface area contributed by atoms with Crippen molar-refractivity contribution in [3.8, 4) is 17.1 Å². The number of carbonyl (C=O) groups is 2. The predicted molar refractivity (Wildman–Crippen MR) is 113 cm³/mol. The fourth-order valence-corrected chi connectivity index (χ4v) is 2.97. The first-order chi connectivity index (χ1) is 15.1. The fraction of sp³-hybridized carbons (Fsp3) is 0.0435. The van der Waals surface area contributed by atoms with Gasteiger partial charge in [-0.05, 0) is 23.8 Å². The van der Waals surface area contributed by atoms with E-state index in [9.17, 15) is 14.0 Å². The van der Waals surface area contributed by atoms with Crippen LogP contribution in [0.5, 0.6) is 0 Å². The van der Waals surface area contributed by atoms with Crippen LogP contribution >= 0.6 is 0 Å². The van der Waals surface area contributed by atoms with Crippen LogP contribution in [0.4, 0.5) is 4.39 Å². The van der Waals surface area contributed by atoms with Crippen LogP contribution in [-0.2, 0) is 11.2 Å². The molecule has 0 aliphatic heterocycles. The molecule has 0 saturated carbocycles. The molecule has 2 N–H and O–H groups in total. The summed E-state index contributed by atoms with van der Waals surface area (Å²) in [5, 5.41) is 4.32. The lowest BCUT2D eigenvalue weighted by Crippen LogP contribution is -2.42. The molecule has 0 saturated heterocycles. The first-order valence-corrected chi connectivity index (χ1v) is 9.52. The molecule has 0 aliphatic carbocycles. The van der Waals surface area contributed by atoms with Gasteiger partial charge in [0.1, 0.15) is 5.82 Å². The van der Waals surface area contributed by atoms with Crippen molar-refractivity contribution in [2.45, 2.75) is 6.42 Å². The van der Waals surface area contributed by atoms with Gasteiger partial charge in [-0.3, -0.25) is 20.4 Å². The van der Waals surface area contributed by atoms with Gasteiger partial charge in [-0.1, -0.05) is 66.7 Å². The van der Waals surface area contributed by atoms with Gasteiger partial charge >= 0.3 is 5.91 Å². The maximum atomic E-state index is 13.7. The SMILES string of the molecule is O=C(Cc1ccccc1F)NNC(=O)c1nc(-c2ccccc2)n(-c2ccccc2)n1. The average molecular weight is 415 g/mol. The Morgan fingerprint density at radius 1 is 0.839 bits per heavy atom. The van der Waals surface area contributed by atoms with Crippen LogP contribution in [0.1, 0.15) is 16.2 Å². The standard InChI is InChI=1S/C23H18FN5O2/c24-19-14-8-7-11-17(19)15-20(30)26-27-23(31)21-25-22(16-9-3-1-4-10-16)29(28-21)18-12-5-2-6-13-18/h1-14H,15H2,(H,26,30)(H,27,31). The largest absolute Gasteiger partial charge is 0.309 e. The summed E-state index contributed by atoms with van der Waals surface area (Å²) >= 11 is 0. The van der Waals surface area contributed by atoms with Gasteiger partial charge in [-0.15, -0.1) is 5.10 Å². The summed E-state index contributed by atoms with van der Waals surface area (Å²) in [7, 11) is 0. The summed E-state index contributed by atoms with van der Waals surface area (Å²) in [6, 6.07) is 24.6. The number of nitrogens with zero attached hydrogens (tertiary/aromatic N) is 3. The molecule has 8 heteroatoms.